The van der Waals surface area contributed by atoms with Crippen LogP contribution in [0.3, 0.4) is 0 Å². The highest BCUT2D eigenvalue weighted by Gasteiger charge is 2.33. The summed E-state index contributed by atoms with van der Waals surface area (Å²) in [5, 5.41) is 12.8. The van der Waals surface area contributed by atoms with Crippen LogP contribution in [0.15, 0.2) is 12.3 Å². The summed E-state index contributed by atoms with van der Waals surface area (Å²) in [5.74, 6) is 2.67. The Morgan fingerprint density at radius 2 is 1.65 bits per heavy atom. The molecule has 1 amide bonds. The van der Waals surface area contributed by atoms with E-state index in [1.54, 1.807) is 4.90 Å². The van der Waals surface area contributed by atoms with Gasteiger partial charge in [0.2, 0.25) is 5.91 Å². The summed E-state index contributed by atoms with van der Waals surface area (Å²) in [4.78, 5) is 15.6. The molecule has 0 aliphatic carbocycles. The Labute approximate surface area is 210 Å². The summed E-state index contributed by atoms with van der Waals surface area (Å²) in [6, 6.07) is -0.271. The highest BCUT2D eigenvalue weighted by atomic mass is 16.3. The maximum Gasteiger partial charge on any atom is 0.225 e. The third kappa shape index (κ3) is 9.87. The molecule has 0 aromatic heterocycles. The van der Waals surface area contributed by atoms with Gasteiger partial charge in [-0.3, -0.25) is 4.79 Å². The van der Waals surface area contributed by atoms with E-state index in [1.165, 1.54) is 76.8 Å². The lowest BCUT2D eigenvalue weighted by Crippen LogP contribution is -2.34. The number of nitrogens with one attached hydrogen (secondary N) is 1. The molecule has 200 valence electrons. The SMILES string of the molecule is C=C(C(CC)CCC)N1CCC(C2CCNCC2)C1.CC(C)C(=O)N1CC(N)C(O)C1.CCC. The van der Waals surface area contributed by atoms with Crippen LogP contribution in [0.2, 0.25) is 0 Å². The number of amides is 1. The molecule has 3 aliphatic rings. The summed E-state index contributed by atoms with van der Waals surface area (Å²) in [7, 11) is 0. The summed E-state index contributed by atoms with van der Waals surface area (Å²) in [6.45, 7) is 22.8. The fourth-order valence-electron chi connectivity index (χ4n) is 5.32. The number of rotatable bonds is 7. The fraction of sp³-hybridized carbons (Fsp3) is 0.893. The quantitative estimate of drug-likeness (QED) is 0.508. The number of aliphatic hydroxyl groups excluding tert-OH is 1. The van der Waals surface area contributed by atoms with E-state index in [0.29, 0.717) is 13.1 Å². The molecule has 3 saturated heterocycles. The molecule has 3 aliphatic heterocycles. The molecule has 4 unspecified atom stereocenters. The van der Waals surface area contributed by atoms with Crippen LogP contribution in [0.25, 0.3) is 0 Å². The van der Waals surface area contributed by atoms with Gasteiger partial charge in [0.15, 0.2) is 0 Å². The number of likely N-dealkylation sites (tertiary alicyclic amines) is 2. The first-order valence-corrected chi connectivity index (χ1v) is 14.1. The van der Waals surface area contributed by atoms with Crippen molar-refractivity contribution >= 4 is 5.91 Å². The van der Waals surface area contributed by atoms with Gasteiger partial charge in [-0.15, -0.1) is 0 Å². The summed E-state index contributed by atoms with van der Waals surface area (Å²) < 4.78 is 0. The Balaban J connectivity index is 0.000000330. The van der Waals surface area contributed by atoms with Crippen molar-refractivity contribution < 1.29 is 9.90 Å². The average Bonchev–Trinajstić information content (AvgIpc) is 3.45. The van der Waals surface area contributed by atoms with E-state index < -0.39 is 6.10 Å². The third-order valence-corrected chi connectivity index (χ3v) is 7.42. The first-order chi connectivity index (χ1) is 16.2. The van der Waals surface area contributed by atoms with Crippen molar-refractivity contribution in [2.24, 2.45) is 29.4 Å². The number of nitrogens with two attached hydrogens (primary N) is 1. The first kappa shape index (κ1) is 30.9. The zero-order valence-electron chi connectivity index (χ0n) is 23.2. The Hall–Kier alpha value is -1.11. The topological polar surface area (TPSA) is 81.8 Å². The number of carbonyl (C=O) groups excluding carboxylic acids is 1. The minimum absolute atomic E-state index is 0.0116. The number of β-amino-alcohol motifs (C(OH)–C–C–N with tert-alkyl or cyclic N) is 1. The standard InChI is InChI=1S/C17H32N2.C8H16N2O2.C3H8/c1-4-6-15(5-2)14(3)19-12-9-17(13-19)16-7-10-18-11-8-16;1-5(2)8(12)10-3-6(9)7(11)4-10;1-3-2/h15-18H,3-13H2,1-2H3;5-7,11H,3-4,9H2,1-2H3;3H2,1-2H3. The van der Waals surface area contributed by atoms with Gasteiger partial charge in [-0.05, 0) is 62.9 Å². The lowest BCUT2D eigenvalue weighted by Gasteiger charge is -2.30. The van der Waals surface area contributed by atoms with Crippen LogP contribution in [0, 0.1) is 23.7 Å². The molecule has 0 spiro atoms. The monoisotopic (exact) mass is 480 g/mol. The van der Waals surface area contributed by atoms with Gasteiger partial charge in [-0.25, -0.2) is 0 Å². The normalized spacial score (nSPS) is 26.0. The molecular weight excluding hydrogens is 424 g/mol. The molecule has 0 aromatic carbocycles. The fourth-order valence-corrected chi connectivity index (χ4v) is 5.32. The van der Waals surface area contributed by atoms with Crippen molar-refractivity contribution in [1.29, 1.82) is 0 Å². The predicted molar refractivity (Wildman–Crippen MR) is 144 cm³/mol. The smallest absolute Gasteiger partial charge is 0.225 e. The Morgan fingerprint density at radius 3 is 2.12 bits per heavy atom. The van der Waals surface area contributed by atoms with Gasteiger partial charge >= 0.3 is 0 Å². The third-order valence-electron chi connectivity index (χ3n) is 7.42. The van der Waals surface area contributed by atoms with Gasteiger partial charge in [0.1, 0.15) is 0 Å². The van der Waals surface area contributed by atoms with Crippen LogP contribution in [0.1, 0.15) is 86.5 Å². The minimum Gasteiger partial charge on any atom is -0.390 e. The number of piperidine rings is 1. The van der Waals surface area contributed by atoms with Crippen LogP contribution < -0.4 is 11.1 Å². The van der Waals surface area contributed by atoms with Gasteiger partial charge in [-0.1, -0.05) is 61.0 Å². The number of hydrogen-bond donors (Lipinski definition) is 3. The molecule has 0 aromatic rings. The molecule has 0 radical (unpaired) electrons. The van der Waals surface area contributed by atoms with Gasteiger partial charge < -0.3 is 26.0 Å². The van der Waals surface area contributed by atoms with Gasteiger partial charge in [0, 0.05) is 43.8 Å². The Kier molecular flexibility index (Phi) is 15.0. The minimum atomic E-state index is -0.548. The first-order valence-electron chi connectivity index (χ1n) is 14.1. The highest BCUT2D eigenvalue weighted by Crippen LogP contribution is 2.34. The van der Waals surface area contributed by atoms with Crippen molar-refractivity contribution in [3.8, 4) is 0 Å². The van der Waals surface area contributed by atoms with Crippen molar-refractivity contribution in [1.82, 2.24) is 15.1 Å². The number of nitrogens with zero attached hydrogens (tertiary/aromatic N) is 2. The molecule has 0 bridgehead atoms. The molecule has 3 fully saturated rings. The van der Waals surface area contributed by atoms with Crippen LogP contribution in [-0.2, 0) is 4.79 Å². The molecule has 3 rings (SSSR count). The average molecular weight is 481 g/mol. The summed E-state index contributed by atoms with van der Waals surface area (Å²) in [5.41, 5.74) is 6.99. The maximum absolute atomic E-state index is 11.4. The largest absolute Gasteiger partial charge is 0.390 e. The maximum atomic E-state index is 11.4. The molecule has 4 atom stereocenters. The van der Waals surface area contributed by atoms with Gasteiger partial charge in [-0.2, -0.15) is 0 Å². The molecule has 34 heavy (non-hydrogen) atoms. The van der Waals surface area contributed by atoms with E-state index in [1.807, 2.05) is 13.8 Å². The zero-order valence-corrected chi connectivity index (χ0v) is 23.2. The second-order valence-electron chi connectivity index (χ2n) is 10.8. The number of aliphatic hydroxyl groups is 1. The zero-order chi connectivity index (χ0) is 25.7. The van der Waals surface area contributed by atoms with Crippen molar-refractivity contribution in [2.45, 2.75) is 98.6 Å². The Bertz CT molecular complexity index is 567. The predicted octanol–water partition coefficient (Wildman–Crippen LogP) is 4.24. The lowest BCUT2D eigenvalue weighted by atomic mass is 9.84. The van der Waals surface area contributed by atoms with Crippen LogP contribution >= 0.6 is 0 Å². The number of carbonyl (C=O) groups is 1. The molecule has 6 heteroatoms. The second-order valence-corrected chi connectivity index (χ2v) is 10.8. The number of hydrogen-bond acceptors (Lipinski definition) is 5. The summed E-state index contributed by atoms with van der Waals surface area (Å²) >= 11 is 0. The summed E-state index contributed by atoms with van der Waals surface area (Å²) in [6.07, 6.45) is 8.71. The highest BCUT2D eigenvalue weighted by molar-refractivity contribution is 5.78. The van der Waals surface area contributed by atoms with Crippen LogP contribution in [-0.4, -0.2) is 72.2 Å². The van der Waals surface area contributed by atoms with Crippen LogP contribution in [0.5, 0.6) is 0 Å². The van der Waals surface area contributed by atoms with Gasteiger partial charge in [0.25, 0.3) is 0 Å². The van der Waals surface area contributed by atoms with Crippen molar-refractivity contribution in [3.05, 3.63) is 12.3 Å². The molecule has 0 saturated carbocycles. The molecule has 6 nitrogen and oxygen atoms in total. The van der Waals surface area contributed by atoms with Crippen molar-refractivity contribution in [2.75, 3.05) is 39.3 Å². The van der Waals surface area contributed by atoms with E-state index in [4.69, 9.17) is 5.73 Å². The van der Waals surface area contributed by atoms with E-state index >= 15 is 0 Å². The van der Waals surface area contributed by atoms with Crippen LogP contribution in [0.4, 0.5) is 0 Å². The second kappa shape index (κ2) is 16.5. The van der Waals surface area contributed by atoms with E-state index in [0.717, 1.165) is 17.8 Å². The molecule has 3 heterocycles. The number of allylic oxidation sites excluding steroid dienone is 1. The van der Waals surface area contributed by atoms with E-state index in [-0.39, 0.29) is 17.9 Å². The van der Waals surface area contributed by atoms with Crippen molar-refractivity contribution in [3.63, 3.8) is 0 Å². The molecular formula is C28H56N4O2. The van der Waals surface area contributed by atoms with Gasteiger partial charge in [0.05, 0.1) is 6.10 Å². The lowest BCUT2D eigenvalue weighted by molar-refractivity contribution is -0.133. The Morgan fingerprint density at radius 1 is 1.03 bits per heavy atom. The van der Waals surface area contributed by atoms with E-state index in [9.17, 15) is 9.90 Å². The molecule has 4 N–H and O–H groups in total. The van der Waals surface area contributed by atoms with E-state index in [2.05, 4.69) is 44.5 Å².